The standard InChI is InChI=1S/C20H26N2O3S/c1-15-10-13-18(26(24,25)22(3)4)14-19(15)20(23)21-16(2)11-12-17-8-6-5-7-9-17/h5-10,13-14,16H,11-12H2,1-4H3,(H,21,23). The van der Waals surface area contributed by atoms with Crippen LogP contribution in [0.3, 0.4) is 0 Å². The zero-order valence-electron chi connectivity index (χ0n) is 15.7. The lowest BCUT2D eigenvalue weighted by molar-refractivity contribution is 0.0937. The molecule has 0 aliphatic heterocycles. The van der Waals surface area contributed by atoms with Gasteiger partial charge in [0.25, 0.3) is 5.91 Å². The Hall–Kier alpha value is -2.18. The number of rotatable bonds is 7. The summed E-state index contributed by atoms with van der Waals surface area (Å²) in [5.41, 5.74) is 2.36. The van der Waals surface area contributed by atoms with E-state index in [-0.39, 0.29) is 16.8 Å². The molecule has 0 aliphatic rings. The summed E-state index contributed by atoms with van der Waals surface area (Å²) in [5, 5.41) is 2.97. The third kappa shape index (κ3) is 4.93. The first-order valence-corrected chi connectivity index (χ1v) is 10.0. The van der Waals surface area contributed by atoms with Crippen LogP contribution in [0.4, 0.5) is 0 Å². The maximum Gasteiger partial charge on any atom is 0.251 e. The molecule has 2 aromatic rings. The molecule has 0 fully saturated rings. The average molecular weight is 375 g/mol. The van der Waals surface area contributed by atoms with Gasteiger partial charge in [-0.15, -0.1) is 0 Å². The van der Waals surface area contributed by atoms with Gasteiger partial charge in [0.05, 0.1) is 4.90 Å². The van der Waals surface area contributed by atoms with Gasteiger partial charge in [-0.1, -0.05) is 36.4 Å². The summed E-state index contributed by atoms with van der Waals surface area (Å²) in [6.07, 6.45) is 1.68. The second-order valence-electron chi connectivity index (χ2n) is 6.66. The molecule has 2 aromatic carbocycles. The quantitative estimate of drug-likeness (QED) is 0.810. The molecule has 0 saturated heterocycles. The third-order valence-electron chi connectivity index (χ3n) is 4.32. The van der Waals surface area contributed by atoms with E-state index in [2.05, 4.69) is 17.4 Å². The first-order chi connectivity index (χ1) is 12.2. The molecule has 26 heavy (non-hydrogen) atoms. The van der Waals surface area contributed by atoms with Crippen molar-refractivity contribution in [1.29, 1.82) is 0 Å². The van der Waals surface area contributed by atoms with Crippen LogP contribution in [0.2, 0.25) is 0 Å². The predicted octanol–water partition coefficient (Wildman–Crippen LogP) is 3.00. The van der Waals surface area contributed by atoms with Crippen molar-refractivity contribution in [3.63, 3.8) is 0 Å². The summed E-state index contributed by atoms with van der Waals surface area (Å²) >= 11 is 0. The maximum absolute atomic E-state index is 12.6. The molecule has 0 bridgehead atoms. The van der Waals surface area contributed by atoms with Gasteiger partial charge < -0.3 is 5.32 Å². The number of sulfonamides is 1. The van der Waals surface area contributed by atoms with Crippen LogP contribution < -0.4 is 5.32 Å². The summed E-state index contributed by atoms with van der Waals surface area (Å²) in [6.45, 7) is 3.76. The largest absolute Gasteiger partial charge is 0.350 e. The van der Waals surface area contributed by atoms with E-state index in [1.54, 1.807) is 13.0 Å². The lowest BCUT2D eigenvalue weighted by atomic mass is 10.0. The number of carbonyl (C=O) groups is 1. The molecule has 140 valence electrons. The molecule has 0 radical (unpaired) electrons. The van der Waals surface area contributed by atoms with Gasteiger partial charge in [-0.05, 0) is 49.9 Å². The second-order valence-corrected chi connectivity index (χ2v) is 8.81. The van der Waals surface area contributed by atoms with E-state index < -0.39 is 10.0 Å². The second kappa shape index (κ2) is 8.47. The molecule has 0 saturated carbocycles. The highest BCUT2D eigenvalue weighted by Crippen LogP contribution is 2.18. The van der Waals surface area contributed by atoms with Crippen molar-refractivity contribution in [1.82, 2.24) is 9.62 Å². The molecular formula is C20H26N2O3S. The minimum Gasteiger partial charge on any atom is -0.350 e. The highest BCUT2D eigenvalue weighted by atomic mass is 32.2. The molecule has 2 rings (SSSR count). The van der Waals surface area contributed by atoms with E-state index in [9.17, 15) is 13.2 Å². The number of benzene rings is 2. The van der Waals surface area contributed by atoms with E-state index in [1.165, 1.54) is 31.8 Å². The van der Waals surface area contributed by atoms with Gasteiger partial charge in [-0.25, -0.2) is 12.7 Å². The summed E-state index contributed by atoms with van der Waals surface area (Å²) < 4.78 is 25.7. The number of nitrogens with one attached hydrogen (secondary N) is 1. The Morgan fingerprint density at radius 1 is 1.12 bits per heavy atom. The molecule has 1 N–H and O–H groups in total. The molecule has 1 amide bonds. The van der Waals surface area contributed by atoms with Crippen molar-refractivity contribution in [3.05, 3.63) is 65.2 Å². The Morgan fingerprint density at radius 3 is 2.38 bits per heavy atom. The van der Waals surface area contributed by atoms with Crippen LogP contribution in [-0.4, -0.2) is 38.8 Å². The molecule has 6 heteroatoms. The molecule has 1 unspecified atom stereocenters. The van der Waals surface area contributed by atoms with Crippen molar-refractivity contribution >= 4 is 15.9 Å². The van der Waals surface area contributed by atoms with Gasteiger partial charge in [0.2, 0.25) is 10.0 Å². The zero-order valence-corrected chi connectivity index (χ0v) is 16.5. The van der Waals surface area contributed by atoms with Crippen molar-refractivity contribution < 1.29 is 13.2 Å². The predicted molar refractivity (Wildman–Crippen MR) is 104 cm³/mol. The molecule has 1 atom stereocenters. The van der Waals surface area contributed by atoms with E-state index in [0.717, 1.165) is 22.7 Å². The Bertz CT molecular complexity index is 862. The normalized spacial score (nSPS) is 12.8. The fraction of sp³-hybridized carbons (Fsp3) is 0.350. The van der Waals surface area contributed by atoms with Gasteiger partial charge in [0.15, 0.2) is 0 Å². The van der Waals surface area contributed by atoms with Crippen molar-refractivity contribution in [2.24, 2.45) is 0 Å². The van der Waals surface area contributed by atoms with Crippen LogP contribution in [0.1, 0.15) is 34.8 Å². The number of aryl methyl sites for hydroxylation is 2. The number of hydrogen-bond acceptors (Lipinski definition) is 3. The number of amides is 1. The summed E-state index contributed by atoms with van der Waals surface area (Å²) in [6, 6.07) is 14.7. The molecule has 0 heterocycles. The molecule has 0 spiro atoms. The van der Waals surface area contributed by atoms with Gasteiger partial charge in [0.1, 0.15) is 0 Å². The van der Waals surface area contributed by atoms with Crippen LogP contribution in [-0.2, 0) is 16.4 Å². The molecular weight excluding hydrogens is 348 g/mol. The minimum atomic E-state index is -3.57. The van der Waals surface area contributed by atoms with Crippen molar-refractivity contribution in [2.45, 2.75) is 37.6 Å². The van der Waals surface area contributed by atoms with E-state index in [1.807, 2.05) is 25.1 Å². The highest BCUT2D eigenvalue weighted by Gasteiger charge is 2.20. The summed E-state index contributed by atoms with van der Waals surface area (Å²) in [5.74, 6) is -0.251. The number of hydrogen-bond donors (Lipinski definition) is 1. The Morgan fingerprint density at radius 2 is 1.77 bits per heavy atom. The van der Waals surface area contributed by atoms with Crippen molar-refractivity contribution in [3.8, 4) is 0 Å². The van der Waals surface area contributed by atoms with Crippen LogP contribution in [0.15, 0.2) is 53.4 Å². The van der Waals surface area contributed by atoms with Crippen LogP contribution in [0.5, 0.6) is 0 Å². The SMILES string of the molecule is Cc1ccc(S(=O)(=O)N(C)C)cc1C(=O)NC(C)CCc1ccccc1. The van der Waals surface area contributed by atoms with Gasteiger partial charge in [0, 0.05) is 25.7 Å². The fourth-order valence-electron chi connectivity index (χ4n) is 2.62. The summed E-state index contributed by atoms with van der Waals surface area (Å²) in [7, 11) is -0.625. The fourth-order valence-corrected chi connectivity index (χ4v) is 3.55. The lowest BCUT2D eigenvalue weighted by Gasteiger charge is -2.17. The van der Waals surface area contributed by atoms with Gasteiger partial charge >= 0.3 is 0 Å². The van der Waals surface area contributed by atoms with E-state index in [0.29, 0.717) is 5.56 Å². The Kier molecular flexibility index (Phi) is 6.56. The van der Waals surface area contributed by atoms with Gasteiger partial charge in [-0.3, -0.25) is 4.79 Å². The summed E-state index contributed by atoms with van der Waals surface area (Å²) in [4.78, 5) is 12.7. The smallest absolute Gasteiger partial charge is 0.251 e. The third-order valence-corrected chi connectivity index (χ3v) is 6.13. The van der Waals surface area contributed by atoms with Crippen molar-refractivity contribution in [2.75, 3.05) is 14.1 Å². The molecule has 5 nitrogen and oxygen atoms in total. The van der Waals surface area contributed by atoms with E-state index >= 15 is 0 Å². The lowest BCUT2D eigenvalue weighted by Crippen LogP contribution is -2.33. The average Bonchev–Trinajstić information content (AvgIpc) is 2.60. The number of nitrogens with zero attached hydrogens (tertiary/aromatic N) is 1. The van der Waals surface area contributed by atoms with Crippen LogP contribution in [0.25, 0.3) is 0 Å². The Labute approximate surface area is 156 Å². The molecule has 0 aromatic heterocycles. The van der Waals surface area contributed by atoms with Crippen LogP contribution in [0, 0.1) is 6.92 Å². The monoisotopic (exact) mass is 374 g/mol. The topological polar surface area (TPSA) is 66.5 Å². The highest BCUT2D eigenvalue weighted by molar-refractivity contribution is 7.89. The minimum absolute atomic E-state index is 0.0174. The maximum atomic E-state index is 12.6. The number of carbonyl (C=O) groups excluding carboxylic acids is 1. The van der Waals surface area contributed by atoms with Gasteiger partial charge in [-0.2, -0.15) is 0 Å². The first kappa shape index (κ1) is 20.1. The first-order valence-electron chi connectivity index (χ1n) is 8.60. The molecule has 0 aliphatic carbocycles. The van der Waals surface area contributed by atoms with Crippen LogP contribution >= 0.6 is 0 Å². The zero-order chi connectivity index (χ0) is 19.3. The Balaban J connectivity index is 2.09. The van der Waals surface area contributed by atoms with E-state index in [4.69, 9.17) is 0 Å².